The number of ether oxygens (including phenoxy) is 2. The number of anilines is 1. The van der Waals surface area contributed by atoms with E-state index in [4.69, 9.17) is 9.47 Å². The van der Waals surface area contributed by atoms with Crippen LogP contribution in [0.5, 0.6) is 5.75 Å². The second kappa shape index (κ2) is 8.50. The summed E-state index contributed by atoms with van der Waals surface area (Å²) in [6, 6.07) is 9.61. The lowest BCUT2D eigenvalue weighted by atomic mass is 10.3. The summed E-state index contributed by atoms with van der Waals surface area (Å²) >= 11 is 3.27. The lowest BCUT2D eigenvalue weighted by Crippen LogP contribution is -2.36. The van der Waals surface area contributed by atoms with Crippen molar-refractivity contribution in [3.63, 3.8) is 0 Å². The van der Waals surface area contributed by atoms with Gasteiger partial charge in [-0.15, -0.1) is 0 Å². The van der Waals surface area contributed by atoms with Crippen LogP contribution in [-0.2, 0) is 19.6 Å². The van der Waals surface area contributed by atoms with Crippen LogP contribution >= 0.6 is 15.9 Å². The molecule has 0 aliphatic heterocycles. The molecule has 0 fully saturated rings. The van der Waals surface area contributed by atoms with E-state index in [1.165, 1.54) is 31.4 Å². The lowest BCUT2D eigenvalue weighted by molar-refractivity contribution is -0.141. The summed E-state index contributed by atoms with van der Waals surface area (Å²) in [6.07, 6.45) is 0. The normalized spacial score (nSPS) is 11.1. The molecule has 0 amide bonds. The summed E-state index contributed by atoms with van der Waals surface area (Å²) in [5.41, 5.74) is 0.248. The number of hydrogen-bond donors (Lipinski definition) is 0. The minimum Gasteiger partial charge on any atom is -0.494 e. The highest BCUT2D eigenvalue weighted by molar-refractivity contribution is 9.10. The standard InChI is InChI=1S/C17H17BrFNO5S/c1-3-25-17(21)11-20(13-6-4-12(18)5-7-13)26(22,23)14-8-9-16(24-2)15(19)10-14/h4-10H,3,11H2,1-2H3. The average Bonchev–Trinajstić information content (AvgIpc) is 2.60. The van der Waals surface area contributed by atoms with Gasteiger partial charge in [0.05, 0.1) is 24.3 Å². The van der Waals surface area contributed by atoms with Crippen LogP contribution in [0.25, 0.3) is 0 Å². The fourth-order valence-electron chi connectivity index (χ4n) is 2.18. The average molecular weight is 446 g/mol. The second-order valence-electron chi connectivity index (χ2n) is 5.09. The molecule has 0 unspecified atom stereocenters. The van der Waals surface area contributed by atoms with Crippen molar-refractivity contribution in [2.45, 2.75) is 11.8 Å². The van der Waals surface area contributed by atoms with E-state index in [-0.39, 0.29) is 22.9 Å². The predicted octanol–water partition coefficient (Wildman–Crippen LogP) is 3.36. The van der Waals surface area contributed by atoms with Crippen LogP contribution in [0.4, 0.5) is 10.1 Å². The quantitative estimate of drug-likeness (QED) is 0.610. The van der Waals surface area contributed by atoms with Gasteiger partial charge in [0.1, 0.15) is 6.54 Å². The van der Waals surface area contributed by atoms with E-state index in [2.05, 4.69) is 15.9 Å². The van der Waals surface area contributed by atoms with Crippen LogP contribution < -0.4 is 9.04 Å². The van der Waals surface area contributed by atoms with Gasteiger partial charge >= 0.3 is 5.97 Å². The molecule has 0 atom stereocenters. The molecule has 9 heteroatoms. The molecule has 0 aliphatic rings. The van der Waals surface area contributed by atoms with Crippen LogP contribution in [0.15, 0.2) is 51.8 Å². The minimum atomic E-state index is -4.21. The van der Waals surface area contributed by atoms with E-state index in [1.54, 1.807) is 19.1 Å². The maximum absolute atomic E-state index is 14.0. The highest BCUT2D eigenvalue weighted by Crippen LogP contribution is 2.28. The van der Waals surface area contributed by atoms with E-state index in [9.17, 15) is 17.6 Å². The topological polar surface area (TPSA) is 72.9 Å². The van der Waals surface area contributed by atoms with Crippen molar-refractivity contribution in [3.05, 3.63) is 52.8 Å². The summed E-state index contributed by atoms with van der Waals surface area (Å²) in [7, 11) is -2.93. The molecule has 26 heavy (non-hydrogen) atoms. The molecule has 0 saturated carbocycles. The van der Waals surface area contributed by atoms with Gasteiger partial charge in [0.2, 0.25) is 0 Å². The zero-order valence-corrected chi connectivity index (χ0v) is 16.5. The summed E-state index contributed by atoms with van der Waals surface area (Å²) in [5, 5.41) is 0. The van der Waals surface area contributed by atoms with Crippen molar-refractivity contribution in [1.82, 2.24) is 0 Å². The van der Waals surface area contributed by atoms with Gasteiger partial charge in [0.15, 0.2) is 11.6 Å². The molecule has 0 heterocycles. The molecule has 0 saturated heterocycles. The molecule has 0 aliphatic carbocycles. The number of nitrogens with zero attached hydrogens (tertiary/aromatic N) is 1. The molecular weight excluding hydrogens is 429 g/mol. The van der Waals surface area contributed by atoms with Crippen molar-refractivity contribution >= 4 is 37.6 Å². The van der Waals surface area contributed by atoms with E-state index >= 15 is 0 Å². The van der Waals surface area contributed by atoms with Gasteiger partial charge in [-0.1, -0.05) is 15.9 Å². The van der Waals surface area contributed by atoms with Gasteiger partial charge in [0.25, 0.3) is 10.0 Å². The molecule has 0 N–H and O–H groups in total. The van der Waals surface area contributed by atoms with Crippen LogP contribution in [0, 0.1) is 5.82 Å². The number of esters is 1. The van der Waals surface area contributed by atoms with Crippen LogP contribution in [0.3, 0.4) is 0 Å². The Morgan fingerprint density at radius 2 is 1.85 bits per heavy atom. The molecule has 6 nitrogen and oxygen atoms in total. The van der Waals surface area contributed by atoms with Gasteiger partial charge in [-0.2, -0.15) is 0 Å². The number of sulfonamides is 1. The maximum Gasteiger partial charge on any atom is 0.326 e. The van der Waals surface area contributed by atoms with Crippen molar-refractivity contribution in [2.75, 3.05) is 24.6 Å². The Morgan fingerprint density at radius 1 is 1.19 bits per heavy atom. The summed E-state index contributed by atoms with van der Waals surface area (Å²) in [5.74, 6) is -1.61. The van der Waals surface area contributed by atoms with Crippen LogP contribution in [0.2, 0.25) is 0 Å². The monoisotopic (exact) mass is 445 g/mol. The SMILES string of the molecule is CCOC(=O)CN(c1ccc(Br)cc1)S(=O)(=O)c1ccc(OC)c(F)c1. The Hall–Kier alpha value is -2.13. The highest BCUT2D eigenvalue weighted by Gasteiger charge is 2.28. The largest absolute Gasteiger partial charge is 0.494 e. The Morgan fingerprint density at radius 3 is 2.38 bits per heavy atom. The third kappa shape index (κ3) is 4.53. The number of methoxy groups -OCH3 is 1. The first-order chi connectivity index (χ1) is 12.3. The van der Waals surface area contributed by atoms with E-state index in [0.717, 1.165) is 14.8 Å². The number of benzene rings is 2. The third-order valence-electron chi connectivity index (χ3n) is 3.40. The summed E-state index contributed by atoms with van der Waals surface area (Å²) in [6.45, 7) is 1.20. The van der Waals surface area contributed by atoms with Gasteiger partial charge in [-0.25, -0.2) is 12.8 Å². The molecule has 0 bridgehead atoms. The lowest BCUT2D eigenvalue weighted by Gasteiger charge is -2.23. The summed E-state index contributed by atoms with van der Waals surface area (Å²) < 4.78 is 51.3. The van der Waals surface area contributed by atoms with Gasteiger partial charge in [0, 0.05) is 4.47 Å². The Bertz CT molecular complexity index is 887. The number of halogens is 2. The Kier molecular flexibility index (Phi) is 6.60. The van der Waals surface area contributed by atoms with Crippen molar-refractivity contribution in [1.29, 1.82) is 0 Å². The first kappa shape index (κ1) is 20.2. The predicted molar refractivity (Wildman–Crippen MR) is 98.3 cm³/mol. The third-order valence-corrected chi connectivity index (χ3v) is 5.70. The molecule has 0 aromatic heterocycles. The minimum absolute atomic E-state index is 0.0791. The number of carbonyl (C=O) groups is 1. The van der Waals surface area contributed by atoms with E-state index in [0.29, 0.717) is 0 Å². The second-order valence-corrected chi connectivity index (χ2v) is 7.87. The Balaban J connectivity index is 2.49. The first-order valence-electron chi connectivity index (χ1n) is 7.57. The number of rotatable bonds is 7. The van der Waals surface area contributed by atoms with E-state index in [1.807, 2.05) is 0 Å². The van der Waals surface area contributed by atoms with Crippen molar-refractivity contribution in [2.24, 2.45) is 0 Å². The Labute approximate surface area is 159 Å². The first-order valence-corrected chi connectivity index (χ1v) is 9.80. The molecule has 2 aromatic rings. The highest BCUT2D eigenvalue weighted by atomic mass is 79.9. The van der Waals surface area contributed by atoms with Gasteiger partial charge < -0.3 is 9.47 Å². The van der Waals surface area contributed by atoms with Gasteiger partial charge in [-0.3, -0.25) is 9.10 Å². The van der Waals surface area contributed by atoms with Crippen molar-refractivity contribution < 1.29 is 27.1 Å². The molecule has 140 valence electrons. The molecule has 0 spiro atoms. The molecular formula is C17H17BrFNO5S. The maximum atomic E-state index is 14.0. The number of hydrogen-bond acceptors (Lipinski definition) is 5. The van der Waals surface area contributed by atoms with E-state index < -0.39 is 28.4 Å². The van der Waals surface area contributed by atoms with Crippen LogP contribution in [-0.4, -0.2) is 34.6 Å². The van der Waals surface area contributed by atoms with Gasteiger partial charge in [-0.05, 0) is 49.4 Å². The summed E-state index contributed by atoms with van der Waals surface area (Å²) in [4.78, 5) is 11.6. The van der Waals surface area contributed by atoms with Crippen molar-refractivity contribution in [3.8, 4) is 5.75 Å². The fourth-order valence-corrected chi connectivity index (χ4v) is 3.87. The molecule has 2 aromatic carbocycles. The smallest absolute Gasteiger partial charge is 0.326 e. The zero-order valence-electron chi connectivity index (χ0n) is 14.1. The molecule has 0 radical (unpaired) electrons. The fraction of sp³-hybridized carbons (Fsp3) is 0.235. The number of carbonyl (C=O) groups excluding carboxylic acids is 1. The van der Waals surface area contributed by atoms with Crippen LogP contribution in [0.1, 0.15) is 6.92 Å². The molecule has 2 rings (SSSR count). The zero-order chi connectivity index (χ0) is 19.3.